The van der Waals surface area contributed by atoms with Crippen molar-refractivity contribution in [1.29, 1.82) is 0 Å². The van der Waals surface area contributed by atoms with Gasteiger partial charge in [0.25, 0.3) is 0 Å². The van der Waals surface area contributed by atoms with Crippen LogP contribution in [0, 0.1) is 0 Å². The van der Waals surface area contributed by atoms with Crippen molar-refractivity contribution in [2.45, 2.75) is 6.42 Å². The molecule has 2 rings (SSSR count). The van der Waals surface area contributed by atoms with Gasteiger partial charge in [-0.05, 0) is 29.6 Å². The van der Waals surface area contributed by atoms with E-state index < -0.39 is 0 Å². The maximum absolute atomic E-state index is 8.11. The number of benzene rings is 1. The molecule has 1 aromatic rings. The molecule has 0 radical (unpaired) electrons. The number of ether oxygens (including phenoxy) is 2. The van der Waals surface area contributed by atoms with Crippen LogP contribution in [0.15, 0.2) is 23.3 Å². The van der Waals surface area contributed by atoms with E-state index in [1.807, 2.05) is 18.2 Å². The van der Waals surface area contributed by atoms with Crippen LogP contribution in [0.4, 0.5) is 0 Å². The molecule has 0 unspecified atom stereocenters. The summed E-state index contributed by atoms with van der Waals surface area (Å²) in [4.78, 5) is 2.69. The second-order valence-corrected chi connectivity index (χ2v) is 2.89. The van der Waals surface area contributed by atoms with Crippen LogP contribution in [0.2, 0.25) is 0 Å². The van der Waals surface area contributed by atoms with E-state index in [1.54, 1.807) is 0 Å². The quantitative estimate of drug-likeness (QED) is 0.417. The Bertz CT molecular complexity index is 386. The summed E-state index contributed by atoms with van der Waals surface area (Å²) < 4.78 is 10.4. The molecule has 0 N–H and O–H groups in total. The topological polar surface area (TPSA) is 67.2 Å². The first-order chi connectivity index (χ1) is 6.90. The van der Waals surface area contributed by atoms with Crippen LogP contribution in [0.3, 0.4) is 0 Å². The standard InChI is InChI=1S/C9H9N3O2/c10-12-11-4-3-7-1-2-8-9(5-7)14-6-13-8/h1-2,5H,3-4,6H2. The predicted octanol–water partition coefficient (Wildman–Crippen LogP) is 2.27. The van der Waals surface area contributed by atoms with Crippen LogP contribution in [0.5, 0.6) is 11.5 Å². The maximum Gasteiger partial charge on any atom is 0.231 e. The van der Waals surface area contributed by atoms with Gasteiger partial charge < -0.3 is 9.47 Å². The lowest BCUT2D eigenvalue weighted by atomic mass is 10.1. The normalized spacial score (nSPS) is 12.3. The number of hydrogen-bond acceptors (Lipinski definition) is 3. The Balaban J connectivity index is 2.08. The number of nitrogens with zero attached hydrogens (tertiary/aromatic N) is 3. The molecule has 5 heteroatoms. The minimum absolute atomic E-state index is 0.287. The first kappa shape index (κ1) is 8.72. The summed E-state index contributed by atoms with van der Waals surface area (Å²) >= 11 is 0. The van der Waals surface area contributed by atoms with E-state index in [-0.39, 0.29) is 6.79 Å². The van der Waals surface area contributed by atoms with Crippen LogP contribution in [-0.4, -0.2) is 13.3 Å². The largest absolute Gasteiger partial charge is 0.454 e. The summed E-state index contributed by atoms with van der Waals surface area (Å²) in [6, 6.07) is 5.73. The van der Waals surface area contributed by atoms with Crippen molar-refractivity contribution in [2.75, 3.05) is 13.3 Å². The Kier molecular flexibility index (Phi) is 2.42. The van der Waals surface area contributed by atoms with E-state index in [9.17, 15) is 0 Å². The van der Waals surface area contributed by atoms with Gasteiger partial charge in [0.05, 0.1) is 0 Å². The average Bonchev–Trinajstić information content (AvgIpc) is 2.65. The third kappa shape index (κ3) is 1.72. The molecule has 0 saturated carbocycles. The zero-order valence-electron chi connectivity index (χ0n) is 7.51. The minimum Gasteiger partial charge on any atom is -0.454 e. The molecular formula is C9H9N3O2. The summed E-state index contributed by atoms with van der Waals surface area (Å²) in [6.45, 7) is 0.755. The van der Waals surface area contributed by atoms with Crippen molar-refractivity contribution >= 4 is 0 Å². The summed E-state index contributed by atoms with van der Waals surface area (Å²) in [5, 5.41) is 3.47. The molecule has 0 amide bonds. The van der Waals surface area contributed by atoms with Gasteiger partial charge in [0.15, 0.2) is 11.5 Å². The monoisotopic (exact) mass is 191 g/mol. The molecule has 0 aliphatic carbocycles. The van der Waals surface area contributed by atoms with Gasteiger partial charge in [-0.15, -0.1) is 0 Å². The van der Waals surface area contributed by atoms with Crippen molar-refractivity contribution in [3.63, 3.8) is 0 Å². The summed E-state index contributed by atoms with van der Waals surface area (Å²) in [5.74, 6) is 1.54. The van der Waals surface area contributed by atoms with Crippen LogP contribution in [-0.2, 0) is 6.42 Å². The summed E-state index contributed by atoms with van der Waals surface area (Å²) in [6.07, 6.45) is 0.723. The molecule has 72 valence electrons. The van der Waals surface area contributed by atoms with Gasteiger partial charge >= 0.3 is 0 Å². The molecule has 0 atom stereocenters. The van der Waals surface area contributed by atoms with E-state index in [0.717, 1.165) is 23.5 Å². The fraction of sp³-hybridized carbons (Fsp3) is 0.333. The second kappa shape index (κ2) is 3.89. The van der Waals surface area contributed by atoms with Gasteiger partial charge in [-0.25, -0.2) is 0 Å². The summed E-state index contributed by atoms with van der Waals surface area (Å²) in [5.41, 5.74) is 9.20. The molecule has 0 spiro atoms. The van der Waals surface area contributed by atoms with Crippen molar-refractivity contribution in [1.82, 2.24) is 0 Å². The number of azide groups is 1. The van der Waals surface area contributed by atoms with Crippen LogP contribution < -0.4 is 9.47 Å². The molecule has 1 aliphatic heterocycles. The molecule has 14 heavy (non-hydrogen) atoms. The number of fused-ring (bicyclic) bond motifs is 1. The lowest BCUT2D eigenvalue weighted by Gasteiger charge is -1.99. The molecule has 0 fully saturated rings. The fourth-order valence-corrected chi connectivity index (χ4v) is 1.32. The van der Waals surface area contributed by atoms with E-state index in [2.05, 4.69) is 10.0 Å². The number of rotatable bonds is 3. The Hall–Kier alpha value is -1.87. The third-order valence-electron chi connectivity index (χ3n) is 2.00. The molecule has 1 aromatic carbocycles. The Labute approximate surface area is 80.9 Å². The Morgan fingerprint density at radius 3 is 3.07 bits per heavy atom. The zero-order chi connectivity index (χ0) is 9.80. The van der Waals surface area contributed by atoms with E-state index in [1.165, 1.54) is 0 Å². The van der Waals surface area contributed by atoms with Gasteiger partial charge in [-0.1, -0.05) is 11.2 Å². The molecule has 0 saturated heterocycles. The third-order valence-corrected chi connectivity index (χ3v) is 2.00. The molecule has 0 aromatic heterocycles. The van der Waals surface area contributed by atoms with Crippen LogP contribution in [0.1, 0.15) is 5.56 Å². The van der Waals surface area contributed by atoms with Crippen molar-refractivity contribution in [2.24, 2.45) is 5.11 Å². The zero-order valence-corrected chi connectivity index (χ0v) is 7.51. The molecular weight excluding hydrogens is 182 g/mol. The molecule has 1 heterocycles. The first-order valence-corrected chi connectivity index (χ1v) is 4.29. The maximum atomic E-state index is 8.11. The van der Waals surface area contributed by atoms with Crippen molar-refractivity contribution in [3.8, 4) is 11.5 Å². The molecule has 5 nitrogen and oxygen atoms in total. The highest BCUT2D eigenvalue weighted by Gasteiger charge is 2.12. The van der Waals surface area contributed by atoms with Gasteiger partial charge in [-0.3, -0.25) is 0 Å². The van der Waals surface area contributed by atoms with Crippen LogP contribution in [0.25, 0.3) is 10.4 Å². The minimum atomic E-state index is 0.287. The highest BCUT2D eigenvalue weighted by molar-refractivity contribution is 5.44. The Morgan fingerprint density at radius 2 is 2.21 bits per heavy atom. The lowest BCUT2D eigenvalue weighted by molar-refractivity contribution is 0.174. The van der Waals surface area contributed by atoms with Crippen molar-refractivity contribution < 1.29 is 9.47 Å². The summed E-state index contributed by atoms with van der Waals surface area (Å²) in [7, 11) is 0. The fourth-order valence-electron chi connectivity index (χ4n) is 1.32. The molecule has 0 bridgehead atoms. The van der Waals surface area contributed by atoms with E-state index in [4.69, 9.17) is 15.0 Å². The SMILES string of the molecule is [N-]=[N+]=NCCc1ccc2c(c1)OCO2. The smallest absolute Gasteiger partial charge is 0.231 e. The first-order valence-electron chi connectivity index (χ1n) is 4.29. The van der Waals surface area contributed by atoms with Gasteiger partial charge in [0.2, 0.25) is 6.79 Å². The Morgan fingerprint density at radius 1 is 1.36 bits per heavy atom. The van der Waals surface area contributed by atoms with Gasteiger partial charge in [0, 0.05) is 11.5 Å². The number of hydrogen-bond donors (Lipinski definition) is 0. The second-order valence-electron chi connectivity index (χ2n) is 2.89. The van der Waals surface area contributed by atoms with Gasteiger partial charge in [-0.2, -0.15) is 0 Å². The van der Waals surface area contributed by atoms with Crippen molar-refractivity contribution in [3.05, 3.63) is 34.2 Å². The lowest BCUT2D eigenvalue weighted by Crippen LogP contribution is -1.93. The predicted molar refractivity (Wildman–Crippen MR) is 50.3 cm³/mol. The highest BCUT2D eigenvalue weighted by atomic mass is 16.7. The van der Waals surface area contributed by atoms with E-state index in [0.29, 0.717) is 6.54 Å². The van der Waals surface area contributed by atoms with E-state index >= 15 is 0 Å². The highest BCUT2D eigenvalue weighted by Crippen LogP contribution is 2.32. The van der Waals surface area contributed by atoms with Gasteiger partial charge in [0.1, 0.15) is 0 Å². The van der Waals surface area contributed by atoms with Crippen LogP contribution >= 0.6 is 0 Å². The molecule has 1 aliphatic rings. The average molecular weight is 191 g/mol.